The number of hydrogen-bond acceptors (Lipinski definition) is 9. The number of sulfone groups is 1. The predicted octanol–water partition coefficient (Wildman–Crippen LogP) is 2.39. The fourth-order valence-electron chi connectivity index (χ4n) is 2.97. The van der Waals surface area contributed by atoms with Gasteiger partial charge in [0, 0.05) is 24.3 Å². The van der Waals surface area contributed by atoms with E-state index in [9.17, 15) is 37.1 Å². The van der Waals surface area contributed by atoms with Crippen LogP contribution in [0.2, 0.25) is 0 Å². The quantitative estimate of drug-likeness (QED) is 0.390. The van der Waals surface area contributed by atoms with Gasteiger partial charge in [-0.15, -0.1) is 0 Å². The Morgan fingerprint density at radius 1 is 0.839 bits per heavy atom. The number of aryl methyl sites for hydroxylation is 1. The number of non-ortho nitro benzene ring substituents is 2. The summed E-state index contributed by atoms with van der Waals surface area (Å²) >= 11 is 0. The molecule has 0 spiro atoms. The molecule has 0 amide bonds. The molecular formula is C17H14N4O8S2. The van der Waals surface area contributed by atoms with Crippen molar-refractivity contribution >= 4 is 31.2 Å². The Hall–Kier alpha value is -3.65. The highest BCUT2D eigenvalue weighted by Gasteiger charge is 2.32. The van der Waals surface area contributed by atoms with E-state index in [0.717, 1.165) is 36.4 Å². The van der Waals surface area contributed by atoms with E-state index in [0.29, 0.717) is 4.09 Å². The summed E-state index contributed by atoms with van der Waals surface area (Å²) in [5.41, 5.74) is -1.34. The molecule has 14 heteroatoms. The lowest BCUT2D eigenvalue weighted by Crippen LogP contribution is -2.17. The van der Waals surface area contributed by atoms with Gasteiger partial charge in [-0.2, -0.15) is 17.6 Å². The lowest BCUT2D eigenvalue weighted by molar-refractivity contribution is -0.385. The van der Waals surface area contributed by atoms with E-state index in [1.807, 2.05) is 0 Å². The molecule has 0 aliphatic rings. The van der Waals surface area contributed by atoms with Crippen LogP contribution in [0.25, 0.3) is 0 Å². The van der Waals surface area contributed by atoms with Crippen LogP contribution in [-0.2, 0) is 19.9 Å². The minimum atomic E-state index is -4.46. The summed E-state index contributed by atoms with van der Waals surface area (Å²) in [5.74, 6) is 0. The molecule has 0 bridgehead atoms. The third-order valence-corrected chi connectivity index (χ3v) is 8.01. The molecule has 0 saturated heterocycles. The minimum absolute atomic E-state index is 0.155. The molecule has 3 rings (SSSR count). The van der Waals surface area contributed by atoms with E-state index < -0.39 is 55.8 Å². The SMILES string of the molecule is Cc1nn(S(=O)(=O)c2cccc([N+](=O)[O-])c2)c(C)c1S(=O)(=O)c1cccc([N+](=O)[O-])c1. The molecule has 0 aliphatic carbocycles. The molecule has 3 aromatic rings. The largest absolute Gasteiger partial charge is 0.283 e. The lowest BCUT2D eigenvalue weighted by Gasteiger charge is -2.08. The summed E-state index contributed by atoms with van der Waals surface area (Å²) in [7, 11) is -8.82. The first kappa shape index (κ1) is 22.0. The highest BCUT2D eigenvalue weighted by Crippen LogP contribution is 2.30. The normalized spacial score (nSPS) is 11.9. The van der Waals surface area contributed by atoms with Crippen molar-refractivity contribution in [1.29, 1.82) is 0 Å². The zero-order chi connectivity index (χ0) is 23.1. The van der Waals surface area contributed by atoms with Crippen molar-refractivity contribution in [3.05, 3.63) is 80.1 Å². The topological polar surface area (TPSA) is 172 Å². The minimum Gasteiger partial charge on any atom is -0.258 e. The molecular weight excluding hydrogens is 452 g/mol. The smallest absolute Gasteiger partial charge is 0.258 e. The number of aromatic nitrogens is 2. The molecule has 162 valence electrons. The Labute approximate surface area is 176 Å². The summed E-state index contributed by atoms with van der Waals surface area (Å²) in [6.45, 7) is 2.48. The number of rotatable bonds is 6. The first-order valence-electron chi connectivity index (χ1n) is 8.43. The lowest BCUT2D eigenvalue weighted by atomic mass is 10.3. The van der Waals surface area contributed by atoms with E-state index >= 15 is 0 Å². The Morgan fingerprint density at radius 2 is 1.32 bits per heavy atom. The van der Waals surface area contributed by atoms with Crippen molar-refractivity contribution in [2.75, 3.05) is 0 Å². The number of nitro groups is 2. The van der Waals surface area contributed by atoms with Crippen LogP contribution in [0.4, 0.5) is 11.4 Å². The summed E-state index contributed by atoms with van der Waals surface area (Å²) < 4.78 is 52.7. The van der Waals surface area contributed by atoms with Gasteiger partial charge in [-0.25, -0.2) is 8.42 Å². The van der Waals surface area contributed by atoms with Crippen LogP contribution in [0.1, 0.15) is 11.4 Å². The van der Waals surface area contributed by atoms with Gasteiger partial charge in [-0.05, 0) is 26.0 Å². The summed E-state index contributed by atoms with van der Waals surface area (Å²) in [4.78, 5) is 19.1. The number of nitrogens with zero attached hydrogens (tertiary/aromatic N) is 4. The maximum atomic E-state index is 13.1. The average Bonchev–Trinajstić information content (AvgIpc) is 3.03. The fraction of sp³-hybridized carbons (Fsp3) is 0.118. The Bertz CT molecular complexity index is 1440. The second kappa shape index (κ2) is 7.55. The number of benzene rings is 2. The maximum Gasteiger partial charge on any atom is 0.283 e. The molecule has 0 N–H and O–H groups in total. The third kappa shape index (κ3) is 3.77. The number of nitro benzene ring substituents is 2. The van der Waals surface area contributed by atoms with E-state index in [-0.39, 0.29) is 11.4 Å². The molecule has 0 atom stereocenters. The van der Waals surface area contributed by atoms with Crippen molar-refractivity contribution in [2.45, 2.75) is 28.5 Å². The number of hydrogen-bond donors (Lipinski definition) is 0. The molecule has 1 heterocycles. The highest BCUT2D eigenvalue weighted by molar-refractivity contribution is 7.92. The standard InChI is InChI=1S/C17H14N4O8S2/c1-11-17(30(26,27)15-7-3-5-13(9-15)20(22)23)12(2)19(18-11)31(28,29)16-8-4-6-14(10-16)21(24)25/h3-10H,1-2H3. The molecule has 0 unspecified atom stereocenters. The van der Waals surface area contributed by atoms with Crippen molar-refractivity contribution in [1.82, 2.24) is 9.19 Å². The van der Waals surface area contributed by atoms with Crippen molar-refractivity contribution in [2.24, 2.45) is 0 Å². The molecule has 2 aromatic carbocycles. The van der Waals surface area contributed by atoms with Crippen LogP contribution in [0.15, 0.2) is 63.2 Å². The van der Waals surface area contributed by atoms with Crippen LogP contribution in [0, 0.1) is 34.1 Å². The van der Waals surface area contributed by atoms with Crippen molar-refractivity contribution < 1.29 is 26.7 Å². The van der Waals surface area contributed by atoms with Gasteiger partial charge >= 0.3 is 0 Å². The zero-order valence-corrected chi connectivity index (χ0v) is 17.6. The van der Waals surface area contributed by atoms with Gasteiger partial charge in [0.2, 0.25) is 9.84 Å². The average molecular weight is 466 g/mol. The van der Waals surface area contributed by atoms with Crippen molar-refractivity contribution in [3.8, 4) is 0 Å². The van der Waals surface area contributed by atoms with Gasteiger partial charge < -0.3 is 0 Å². The molecule has 0 radical (unpaired) electrons. The Kier molecular flexibility index (Phi) is 5.37. The molecule has 1 aromatic heterocycles. The molecule has 0 fully saturated rings. The Balaban J connectivity index is 2.19. The summed E-state index contributed by atoms with van der Waals surface area (Å²) in [5, 5.41) is 25.8. The van der Waals surface area contributed by atoms with Gasteiger partial charge in [0.1, 0.15) is 4.90 Å². The van der Waals surface area contributed by atoms with E-state index in [1.54, 1.807) is 0 Å². The van der Waals surface area contributed by atoms with Gasteiger partial charge in [0.05, 0.1) is 31.0 Å². The predicted molar refractivity (Wildman–Crippen MR) is 106 cm³/mol. The fourth-order valence-corrected chi connectivity index (χ4v) is 6.10. The van der Waals surface area contributed by atoms with E-state index in [2.05, 4.69) is 5.10 Å². The summed E-state index contributed by atoms with van der Waals surface area (Å²) in [6.07, 6.45) is 0. The zero-order valence-electron chi connectivity index (χ0n) is 16.0. The molecule has 0 aliphatic heterocycles. The second-order valence-corrected chi connectivity index (χ2v) is 10.0. The van der Waals surface area contributed by atoms with Gasteiger partial charge in [-0.3, -0.25) is 20.2 Å². The molecule has 0 saturated carbocycles. The second-order valence-electron chi connectivity index (χ2n) is 6.36. The van der Waals surface area contributed by atoms with E-state index in [1.165, 1.54) is 26.0 Å². The summed E-state index contributed by atoms with van der Waals surface area (Å²) in [6, 6.07) is 8.56. The van der Waals surface area contributed by atoms with Gasteiger partial charge in [0.25, 0.3) is 21.4 Å². The van der Waals surface area contributed by atoms with E-state index in [4.69, 9.17) is 0 Å². The molecule has 12 nitrogen and oxygen atoms in total. The van der Waals surface area contributed by atoms with Crippen LogP contribution in [0.5, 0.6) is 0 Å². The first-order valence-corrected chi connectivity index (χ1v) is 11.4. The Morgan fingerprint density at radius 3 is 1.84 bits per heavy atom. The maximum absolute atomic E-state index is 13.1. The van der Waals surface area contributed by atoms with Crippen LogP contribution < -0.4 is 0 Å². The van der Waals surface area contributed by atoms with Crippen LogP contribution in [0.3, 0.4) is 0 Å². The third-order valence-electron chi connectivity index (χ3n) is 4.35. The van der Waals surface area contributed by atoms with Gasteiger partial charge in [-0.1, -0.05) is 12.1 Å². The van der Waals surface area contributed by atoms with Gasteiger partial charge in [0.15, 0.2) is 0 Å². The van der Waals surface area contributed by atoms with Crippen LogP contribution in [-0.4, -0.2) is 35.9 Å². The van der Waals surface area contributed by atoms with Crippen molar-refractivity contribution in [3.63, 3.8) is 0 Å². The highest BCUT2D eigenvalue weighted by atomic mass is 32.2. The first-order chi connectivity index (χ1) is 14.4. The molecule has 31 heavy (non-hydrogen) atoms. The monoisotopic (exact) mass is 466 g/mol. The van der Waals surface area contributed by atoms with Crippen LogP contribution >= 0.6 is 0 Å².